The molecule has 0 saturated heterocycles. The summed E-state index contributed by atoms with van der Waals surface area (Å²) in [5, 5.41) is 0. The summed E-state index contributed by atoms with van der Waals surface area (Å²) >= 11 is 0. The third kappa shape index (κ3) is 28.2. The minimum absolute atomic E-state index is 0. The maximum Gasteiger partial charge on any atom is 0.469 e. The van der Waals surface area contributed by atoms with Crippen molar-refractivity contribution in [2.24, 2.45) is 0 Å². The molecule has 0 atom stereocenters. The summed E-state index contributed by atoms with van der Waals surface area (Å²) < 4.78 is 14.8. The van der Waals surface area contributed by atoms with Gasteiger partial charge in [0.2, 0.25) is 0 Å². The van der Waals surface area contributed by atoms with Crippen molar-refractivity contribution in [2.45, 2.75) is 90.4 Å². The summed E-state index contributed by atoms with van der Waals surface area (Å²) in [5.74, 6) is 0. The Kier molecular flexibility index (Phi) is 30.7. The van der Waals surface area contributed by atoms with Gasteiger partial charge in [-0.25, -0.2) is 4.57 Å². The molecule has 0 unspecified atom stereocenters. The normalized spacial score (nSPS) is 10.9. The average molecular weight is 387 g/mol. The van der Waals surface area contributed by atoms with E-state index in [0.29, 0.717) is 0 Å². The summed E-state index contributed by atoms with van der Waals surface area (Å²) in [6.07, 6.45) is 16.3. The van der Waals surface area contributed by atoms with Crippen LogP contribution in [0.15, 0.2) is 0 Å². The van der Waals surface area contributed by atoms with Crippen molar-refractivity contribution >= 4 is 111 Å². The van der Waals surface area contributed by atoms with Crippen LogP contribution in [0.5, 0.6) is 0 Å². The van der Waals surface area contributed by atoms with Gasteiger partial charge in [0, 0.05) is 103 Å². The topological polar surface area (TPSA) is 66.8 Å². The average Bonchev–Trinajstić information content (AvgIpc) is 2.38. The molecule has 0 bridgehead atoms. The molecule has 124 valence electrons. The number of phosphoric acid groups is 1. The number of hydrogen-bond donors (Lipinski definition) is 2. The van der Waals surface area contributed by atoms with E-state index in [-0.39, 0.29) is 109 Å². The van der Waals surface area contributed by atoms with Crippen molar-refractivity contribution in [1.29, 1.82) is 0 Å². The van der Waals surface area contributed by atoms with Gasteiger partial charge >= 0.3 is 7.82 Å². The number of hydrogen-bond acceptors (Lipinski definition) is 2. The van der Waals surface area contributed by atoms with Crippen LogP contribution < -0.4 is 0 Å². The van der Waals surface area contributed by atoms with Gasteiger partial charge in [-0.2, -0.15) is 0 Å². The second-order valence-electron chi connectivity index (χ2n) is 5.57. The molecule has 2 N–H and O–H groups in total. The van der Waals surface area contributed by atoms with E-state index in [9.17, 15) is 4.57 Å². The molecule has 2 radical (unpaired) electrons. The Labute approximate surface area is 222 Å². The molecule has 0 aromatic rings. The van der Waals surface area contributed by atoms with Gasteiger partial charge in [-0.15, -0.1) is 0 Å². The second kappa shape index (κ2) is 22.4. The zero-order chi connectivity index (χ0) is 15.1. The molecule has 0 spiro atoms. The summed E-state index contributed by atoms with van der Waals surface area (Å²) in [5.41, 5.74) is 0. The third-order valence-corrected chi connectivity index (χ3v) is 4.03. The van der Waals surface area contributed by atoms with E-state index in [2.05, 4.69) is 11.4 Å². The van der Waals surface area contributed by atoms with Gasteiger partial charge in [-0.05, 0) is 6.42 Å². The van der Waals surface area contributed by atoms with E-state index in [1.807, 2.05) is 0 Å². The van der Waals surface area contributed by atoms with Gasteiger partial charge in [0.25, 0.3) is 0 Å². The molecule has 0 aliphatic carbocycles. The van der Waals surface area contributed by atoms with Crippen molar-refractivity contribution in [3.63, 3.8) is 0 Å². The molecule has 7 heteroatoms. The fourth-order valence-electron chi connectivity index (χ4n) is 2.30. The standard InChI is InChI=1S/C15H33O4P.2K/c1-2-3-4-5-6-7-8-9-10-11-12-13-14-15-19-20(16,17)18;;/h2-15H2,1H3,(H2,16,17,18);;. The van der Waals surface area contributed by atoms with Gasteiger partial charge in [-0.3, -0.25) is 4.52 Å². The molecule has 0 aromatic carbocycles. The molecule has 0 aliphatic rings. The predicted octanol–water partition coefficient (Wildman–Crippen LogP) is 4.43. The van der Waals surface area contributed by atoms with Gasteiger partial charge < -0.3 is 9.79 Å². The predicted molar refractivity (Wildman–Crippen MR) is 95.2 cm³/mol. The molecule has 0 aromatic heterocycles. The van der Waals surface area contributed by atoms with Crippen LogP contribution in [0.25, 0.3) is 0 Å². The van der Waals surface area contributed by atoms with E-state index in [0.717, 1.165) is 19.3 Å². The van der Waals surface area contributed by atoms with Crippen molar-refractivity contribution in [3.05, 3.63) is 0 Å². The van der Waals surface area contributed by atoms with E-state index >= 15 is 0 Å². The molecule has 0 rings (SSSR count). The maximum atomic E-state index is 10.4. The fraction of sp³-hybridized carbons (Fsp3) is 1.00. The van der Waals surface area contributed by atoms with E-state index in [1.54, 1.807) is 0 Å². The molecule has 0 heterocycles. The molecule has 4 nitrogen and oxygen atoms in total. The number of rotatable bonds is 15. The minimum Gasteiger partial charge on any atom is -0.303 e. The zero-order valence-corrected chi connectivity index (χ0v) is 22.2. The summed E-state index contributed by atoms with van der Waals surface area (Å²) in [7, 11) is -4.25. The summed E-state index contributed by atoms with van der Waals surface area (Å²) in [6, 6.07) is 0. The van der Waals surface area contributed by atoms with Crippen LogP contribution >= 0.6 is 7.82 Å². The monoisotopic (exact) mass is 386 g/mol. The number of unbranched alkanes of at least 4 members (excludes halogenated alkanes) is 12. The quantitative estimate of drug-likeness (QED) is 0.248. The van der Waals surface area contributed by atoms with E-state index in [4.69, 9.17) is 9.79 Å². The van der Waals surface area contributed by atoms with E-state index < -0.39 is 7.82 Å². The van der Waals surface area contributed by atoms with Gasteiger partial charge in [0.15, 0.2) is 0 Å². The van der Waals surface area contributed by atoms with Crippen molar-refractivity contribution < 1.29 is 18.9 Å². The van der Waals surface area contributed by atoms with Crippen LogP contribution in [0.4, 0.5) is 0 Å². The van der Waals surface area contributed by atoms with Crippen LogP contribution in [0.3, 0.4) is 0 Å². The molecular weight excluding hydrogens is 353 g/mol. The first-order chi connectivity index (χ1) is 9.56. The Morgan fingerprint density at radius 3 is 1.32 bits per heavy atom. The summed E-state index contributed by atoms with van der Waals surface area (Å²) in [4.78, 5) is 17.0. The largest absolute Gasteiger partial charge is 0.469 e. The van der Waals surface area contributed by atoms with Crippen LogP contribution in [0.2, 0.25) is 0 Å². The first kappa shape index (κ1) is 30.1. The Bertz CT molecular complexity index is 250. The Morgan fingerprint density at radius 2 is 1.00 bits per heavy atom. The minimum atomic E-state index is -4.25. The van der Waals surface area contributed by atoms with Crippen LogP contribution in [0, 0.1) is 0 Å². The Balaban J connectivity index is -0.00000180. The van der Waals surface area contributed by atoms with Crippen LogP contribution in [-0.2, 0) is 9.09 Å². The molecule has 0 aliphatic heterocycles. The van der Waals surface area contributed by atoms with E-state index in [1.165, 1.54) is 64.2 Å². The first-order valence-corrected chi connectivity index (χ1v) is 9.79. The summed E-state index contributed by atoms with van der Waals surface area (Å²) in [6.45, 7) is 2.42. The smallest absolute Gasteiger partial charge is 0.303 e. The Morgan fingerprint density at radius 1 is 0.682 bits per heavy atom. The SMILES string of the molecule is CCCCCCCCCCCCCCCOP(=O)(O)O.[K].[K]. The maximum absolute atomic E-state index is 10.4. The molecular formula is C15H33K2O4P. The molecule has 0 fully saturated rings. The second-order valence-corrected chi connectivity index (χ2v) is 6.81. The van der Waals surface area contributed by atoms with Gasteiger partial charge in [-0.1, -0.05) is 84.0 Å². The first-order valence-electron chi connectivity index (χ1n) is 8.26. The molecule has 0 saturated carbocycles. The van der Waals surface area contributed by atoms with Crippen LogP contribution in [-0.4, -0.2) is 119 Å². The van der Waals surface area contributed by atoms with Crippen LogP contribution in [0.1, 0.15) is 90.4 Å². The third-order valence-electron chi connectivity index (χ3n) is 3.51. The van der Waals surface area contributed by atoms with Crippen molar-refractivity contribution in [2.75, 3.05) is 6.61 Å². The van der Waals surface area contributed by atoms with Crippen molar-refractivity contribution in [3.8, 4) is 0 Å². The number of phosphoric ester groups is 1. The Hall–Kier alpha value is 3.38. The van der Waals surface area contributed by atoms with Gasteiger partial charge in [0.1, 0.15) is 0 Å². The molecule has 0 amide bonds. The van der Waals surface area contributed by atoms with Crippen molar-refractivity contribution in [1.82, 2.24) is 0 Å². The zero-order valence-electron chi connectivity index (χ0n) is 15.1. The fourth-order valence-corrected chi connectivity index (χ4v) is 2.67. The van der Waals surface area contributed by atoms with Gasteiger partial charge in [0.05, 0.1) is 6.61 Å². The molecule has 22 heavy (non-hydrogen) atoms.